The standard InChI is InChI=1S/C24H35F2N7O3/c1-12(2)8-18(13(3)30-23(35)36-24(4,5)6)32-22-17(26)10-15(19(27)34)20(33-22)31-14-9-16(25)21(28-7)29-11-14/h9-13,18H,8H2,1-7H3,(H2,27,34)(H,28,29)(H,30,35)(H2,31,32,33)/t13-,18+/m0/s1. The van der Waals surface area contributed by atoms with E-state index in [-0.39, 0.29) is 34.6 Å². The molecule has 12 heteroatoms. The Kier molecular flexibility index (Phi) is 9.37. The van der Waals surface area contributed by atoms with E-state index in [1.807, 2.05) is 13.8 Å². The van der Waals surface area contributed by atoms with Crippen LogP contribution < -0.4 is 27.0 Å². The van der Waals surface area contributed by atoms with Crippen LogP contribution in [0.25, 0.3) is 0 Å². The summed E-state index contributed by atoms with van der Waals surface area (Å²) < 4.78 is 34.5. The third kappa shape index (κ3) is 8.21. The van der Waals surface area contributed by atoms with E-state index in [9.17, 15) is 18.4 Å². The van der Waals surface area contributed by atoms with Crippen LogP contribution in [0.15, 0.2) is 18.3 Å². The maximum atomic E-state index is 15.0. The molecule has 0 aliphatic heterocycles. The van der Waals surface area contributed by atoms with Gasteiger partial charge in [-0.25, -0.2) is 23.5 Å². The lowest BCUT2D eigenvalue weighted by Gasteiger charge is -2.29. The molecule has 0 saturated heterocycles. The molecule has 0 bridgehead atoms. The molecule has 0 aliphatic carbocycles. The average molecular weight is 508 g/mol. The molecule has 0 saturated carbocycles. The molecule has 0 aliphatic rings. The molecular weight excluding hydrogens is 472 g/mol. The van der Waals surface area contributed by atoms with Crippen molar-refractivity contribution >= 4 is 35.1 Å². The molecule has 0 spiro atoms. The minimum atomic E-state index is -0.922. The molecule has 36 heavy (non-hydrogen) atoms. The van der Waals surface area contributed by atoms with Crippen molar-refractivity contribution in [2.75, 3.05) is 23.0 Å². The first-order valence-electron chi connectivity index (χ1n) is 11.6. The lowest BCUT2D eigenvalue weighted by atomic mass is 9.98. The zero-order valence-corrected chi connectivity index (χ0v) is 21.6. The molecule has 2 heterocycles. The molecule has 0 radical (unpaired) electrons. The van der Waals surface area contributed by atoms with Gasteiger partial charge in [-0.2, -0.15) is 0 Å². The van der Waals surface area contributed by atoms with Crippen molar-refractivity contribution in [3.8, 4) is 0 Å². The quantitative estimate of drug-likeness (QED) is 0.319. The fourth-order valence-corrected chi connectivity index (χ4v) is 3.37. The average Bonchev–Trinajstić information content (AvgIpc) is 2.73. The van der Waals surface area contributed by atoms with E-state index in [2.05, 4.69) is 31.2 Å². The number of halogens is 2. The van der Waals surface area contributed by atoms with Gasteiger partial charge in [-0.1, -0.05) is 13.8 Å². The Morgan fingerprint density at radius 1 is 1.08 bits per heavy atom. The lowest BCUT2D eigenvalue weighted by molar-refractivity contribution is 0.0501. The third-order valence-corrected chi connectivity index (χ3v) is 4.98. The molecule has 10 nitrogen and oxygen atoms in total. The smallest absolute Gasteiger partial charge is 0.407 e. The Balaban J connectivity index is 2.36. The number of carbonyl (C=O) groups excluding carboxylic acids is 2. The number of rotatable bonds is 10. The second kappa shape index (κ2) is 11.8. The fraction of sp³-hybridized carbons (Fsp3) is 0.500. The molecule has 2 atom stereocenters. The number of nitrogens with one attached hydrogen (secondary N) is 4. The van der Waals surface area contributed by atoms with Gasteiger partial charge in [0.1, 0.15) is 11.4 Å². The number of nitrogens with zero attached hydrogens (tertiary/aromatic N) is 2. The Morgan fingerprint density at radius 3 is 2.25 bits per heavy atom. The summed E-state index contributed by atoms with van der Waals surface area (Å²) in [4.78, 5) is 32.4. The van der Waals surface area contributed by atoms with Crippen LogP contribution in [0, 0.1) is 17.6 Å². The van der Waals surface area contributed by atoms with Crippen LogP contribution in [-0.4, -0.2) is 46.7 Å². The Labute approximate surface area is 209 Å². The molecule has 0 fully saturated rings. The molecule has 0 unspecified atom stereocenters. The summed E-state index contributed by atoms with van der Waals surface area (Å²) in [7, 11) is 1.52. The van der Waals surface area contributed by atoms with Crippen molar-refractivity contribution in [2.24, 2.45) is 11.7 Å². The predicted molar refractivity (Wildman–Crippen MR) is 135 cm³/mol. The third-order valence-electron chi connectivity index (χ3n) is 4.98. The number of nitrogens with two attached hydrogens (primary N) is 1. The molecule has 2 rings (SSSR count). The Bertz CT molecular complexity index is 1090. The van der Waals surface area contributed by atoms with E-state index in [0.29, 0.717) is 6.42 Å². The summed E-state index contributed by atoms with van der Waals surface area (Å²) >= 11 is 0. The van der Waals surface area contributed by atoms with E-state index in [4.69, 9.17) is 10.5 Å². The van der Waals surface area contributed by atoms with Gasteiger partial charge >= 0.3 is 6.09 Å². The van der Waals surface area contributed by atoms with Crippen LogP contribution in [0.2, 0.25) is 0 Å². The van der Waals surface area contributed by atoms with Gasteiger partial charge in [-0.15, -0.1) is 0 Å². The molecule has 2 amide bonds. The number of anilines is 4. The fourth-order valence-electron chi connectivity index (χ4n) is 3.37. The van der Waals surface area contributed by atoms with Crippen molar-refractivity contribution < 1.29 is 23.1 Å². The summed E-state index contributed by atoms with van der Waals surface area (Å²) in [5, 5.41) is 11.2. The van der Waals surface area contributed by atoms with Crippen LogP contribution in [-0.2, 0) is 4.74 Å². The number of carbonyl (C=O) groups is 2. The number of alkyl carbamates (subject to hydrolysis) is 1. The first kappa shape index (κ1) is 28.5. The van der Waals surface area contributed by atoms with Crippen LogP contribution in [0.5, 0.6) is 0 Å². The topological polar surface area (TPSA) is 143 Å². The highest BCUT2D eigenvalue weighted by Crippen LogP contribution is 2.26. The second-order valence-corrected chi connectivity index (χ2v) is 9.82. The van der Waals surface area contributed by atoms with Crippen molar-refractivity contribution in [2.45, 2.75) is 65.6 Å². The van der Waals surface area contributed by atoms with Crippen LogP contribution in [0.3, 0.4) is 0 Å². The zero-order valence-electron chi connectivity index (χ0n) is 21.6. The molecule has 2 aromatic rings. The molecule has 6 N–H and O–H groups in total. The Morgan fingerprint density at radius 2 is 1.72 bits per heavy atom. The molecular formula is C24H35F2N7O3. The number of amides is 2. The summed E-state index contributed by atoms with van der Waals surface area (Å²) in [5.41, 5.74) is 4.69. The summed E-state index contributed by atoms with van der Waals surface area (Å²) in [6, 6.07) is 1.18. The first-order valence-corrected chi connectivity index (χ1v) is 11.6. The van der Waals surface area contributed by atoms with Crippen LogP contribution in [0.4, 0.5) is 36.7 Å². The van der Waals surface area contributed by atoms with Gasteiger partial charge in [-0.3, -0.25) is 4.79 Å². The van der Waals surface area contributed by atoms with E-state index in [1.54, 1.807) is 27.7 Å². The van der Waals surface area contributed by atoms with E-state index >= 15 is 0 Å². The number of hydrogen-bond donors (Lipinski definition) is 5. The maximum absolute atomic E-state index is 15.0. The molecule has 2 aromatic heterocycles. The van der Waals surface area contributed by atoms with Gasteiger partial charge in [0.15, 0.2) is 23.3 Å². The van der Waals surface area contributed by atoms with E-state index in [0.717, 1.165) is 12.1 Å². The minimum Gasteiger partial charge on any atom is -0.444 e. The highest BCUT2D eigenvalue weighted by Gasteiger charge is 2.26. The minimum absolute atomic E-state index is 0.0353. The number of hydrogen-bond acceptors (Lipinski definition) is 8. The second-order valence-electron chi connectivity index (χ2n) is 9.82. The molecule has 198 valence electrons. The number of ether oxygens (including phenoxy) is 1. The van der Waals surface area contributed by atoms with E-state index in [1.165, 1.54) is 13.2 Å². The van der Waals surface area contributed by atoms with Crippen molar-refractivity contribution in [1.82, 2.24) is 15.3 Å². The summed E-state index contributed by atoms with van der Waals surface area (Å²) in [6.07, 6.45) is 1.27. The van der Waals surface area contributed by atoms with Gasteiger partial charge in [0.05, 0.1) is 17.4 Å². The highest BCUT2D eigenvalue weighted by atomic mass is 19.1. The normalized spacial score (nSPS) is 13.1. The molecule has 0 aromatic carbocycles. The number of primary amides is 1. The van der Waals surface area contributed by atoms with Gasteiger partial charge in [-0.05, 0) is 46.1 Å². The van der Waals surface area contributed by atoms with Gasteiger partial charge in [0.25, 0.3) is 5.91 Å². The van der Waals surface area contributed by atoms with Crippen molar-refractivity contribution in [3.63, 3.8) is 0 Å². The predicted octanol–water partition coefficient (Wildman–Crippen LogP) is 4.38. The monoisotopic (exact) mass is 507 g/mol. The SMILES string of the molecule is CNc1ncc(Nc2nc(N[C@H](CC(C)C)[C@H](C)NC(=O)OC(C)(C)C)c(F)cc2C(N)=O)cc1F. The van der Waals surface area contributed by atoms with Crippen molar-refractivity contribution in [1.29, 1.82) is 0 Å². The van der Waals surface area contributed by atoms with Crippen molar-refractivity contribution in [3.05, 3.63) is 35.5 Å². The number of pyridine rings is 2. The van der Waals surface area contributed by atoms with Crippen LogP contribution in [0.1, 0.15) is 58.3 Å². The summed E-state index contributed by atoms with van der Waals surface area (Å²) in [5.74, 6) is -2.41. The zero-order chi connectivity index (χ0) is 27.2. The van der Waals surface area contributed by atoms with Gasteiger partial charge < -0.3 is 31.7 Å². The van der Waals surface area contributed by atoms with E-state index < -0.39 is 41.3 Å². The summed E-state index contributed by atoms with van der Waals surface area (Å²) in [6.45, 7) is 11.0. The maximum Gasteiger partial charge on any atom is 0.407 e. The largest absolute Gasteiger partial charge is 0.444 e. The van der Waals surface area contributed by atoms with Crippen LogP contribution >= 0.6 is 0 Å². The van der Waals surface area contributed by atoms with Gasteiger partial charge in [0.2, 0.25) is 0 Å². The highest BCUT2D eigenvalue weighted by molar-refractivity contribution is 5.98. The lowest BCUT2D eigenvalue weighted by Crippen LogP contribution is -2.47. The number of aromatic nitrogens is 2. The first-order chi connectivity index (χ1) is 16.7. The Hall–Kier alpha value is -3.70. The van der Waals surface area contributed by atoms with Gasteiger partial charge in [0, 0.05) is 25.2 Å².